The van der Waals surface area contributed by atoms with Crippen molar-refractivity contribution in [1.29, 1.82) is 0 Å². The Hall–Kier alpha value is -0.0400. The number of hydrogen-bond acceptors (Lipinski definition) is 1. The summed E-state index contributed by atoms with van der Waals surface area (Å²) in [5.41, 5.74) is 6.15. The molecule has 0 bridgehead atoms. The van der Waals surface area contributed by atoms with Crippen LogP contribution in [0.5, 0.6) is 0 Å². The Labute approximate surface area is 76.7 Å². The lowest BCUT2D eigenvalue weighted by molar-refractivity contribution is 0.278. The van der Waals surface area contributed by atoms with E-state index < -0.39 is 0 Å². The summed E-state index contributed by atoms with van der Waals surface area (Å²) in [4.78, 5) is 0. The highest BCUT2D eigenvalue weighted by Crippen LogP contribution is 2.27. The van der Waals surface area contributed by atoms with E-state index in [0.717, 1.165) is 11.8 Å². The summed E-state index contributed by atoms with van der Waals surface area (Å²) in [6.07, 6.45) is 8.24. The summed E-state index contributed by atoms with van der Waals surface area (Å²) >= 11 is 0. The lowest BCUT2D eigenvalue weighted by Crippen LogP contribution is -2.32. The zero-order valence-electron chi connectivity index (χ0n) is 8.55. The van der Waals surface area contributed by atoms with E-state index in [1.807, 2.05) is 0 Å². The molecule has 1 fully saturated rings. The molecule has 0 spiro atoms. The quantitative estimate of drug-likeness (QED) is 0.690. The van der Waals surface area contributed by atoms with Crippen molar-refractivity contribution in [2.45, 2.75) is 58.4 Å². The maximum absolute atomic E-state index is 6.15. The van der Waals surface area contributed by atoms with Crippen molar-refractivity contribution in [1.82, 2.24) is 0 Å². The van der Waals surface area contributed by atoms with E-state index in [-0.39, 0.29) is 0 Å². The Morgan fingerprint density at radius 3 is 2.25 bits per heavy atom. The Morgan fingerprint density at radius 2 is 1.75 bits per heavy atom. The van der Waals surface area contributed by atoms with Gasteiger partial charge in [0.1, 0.15) is 0 Å². The third kappa shape index (κ3) is 3.14. The van der Waals surface area contributed by atoms with Gasteiger partial charge in [-0.2, -0.15) is 0 Å². The van der Waals surface area contributed by atoms with Gasteiger partial charge in [0.2, 0.25) is 0 Å². The first-order valence-electron chi connectivity index (χ1n) is 5.45. The summed E-state index contributed by atoms with van der Waals surface area (Å²) in [6, 6.07) is 0.477. The third-order valence-corrected chi connectivity index (χ3v) is 3.00. The molecule has 0 aromatic heterocycles. The maximum atomic E-state index is 6.15. The molecule has 1 atom stereocenters. The first kappa shape index (κ1) is 10.0. The van der Waals surface area contributed by atoms with E-state index in [1.54, 1.807) is 0 Å². The van der Waals surface area contributed by atoms with Gasteiger partial charge in [-0.25, -0.2) is 0 Å². The van der Waals surface area contributed by atoms with Crippen molar-refractivity contribution in [3.63, 3.8) is 0 Å². The molecule has 1 nitrogen and oxygen atoms in total. The Bertz CT molecular complexity index is 114. The summed E-state index contributed by atoms with van der Waals surface area (Å²) in [7, 11) is 0. The van der Waals surface area contributed by atoms with Gasteiger partial charge in [-0.1, -0.05) is 33.1 Å². The van der Waals surface area contributed by atoms with E-state index in [0.29, 0.717) is 6.04 Å². The SMILES string of the molecule is CC(C)C[C@H](N)C1CCCCC1. The van der Waals surface area contributed by atoms with E-state index in [4.69, 9.17) is 5.73 Å². The van der Waals surface area contributed by atoms with Crippen LogP contribution in [-0.4, -0.2) is 6.04 Å². The Morgan fingerprint density at radius 1 is 1.17 bits per heavy atom. The van der Waals surface area contributed by atoms with Gasteiger partial charge < -0.3 is 5.73 Å². The van der Waals surface area contributed by atoms with Crippen LogP contribution >= 0.6 is 0 Å². The molecule has 1 aliphatic carbocycles. The summed E-state index contributed by atoms with van der Waals surface area (Å²) < 4.78 is 0. The second-order valence-corrected chi connectivity index (χ2v) is 4.69. The fourth-order valence-corrected chi connectivity index (χ4v) is 2.30. The molecule has 0 aromatic carbocycles. The minimum absolute atomic E-state index is 0.477. The number of nitrogens with two attached hydrogens (primary N) is 1. The zero-order chi connectivity index (χ0) is 8.97. The van der Waals surface area contributed by atoms with Crippen molar-refractivity contribution in [2.24, 2.45) is 17.6 Å². The molecule has 0 aliphatic heterocycles. The molecule has 0 amide bonds. The number of rotatable bonds is 3. The average Bonchev–Trinajstić information content (AvgIpc) is 2.05. The topological polar surface area (TPSA) is 26.0 Å². The predicted molar refractivity (Wildman–Crippen MR) is 54.0 cm³/mol. The first-order chi connectivity index (χ1) is 5.70. The smallest absolute Gasteiger partial charge is 0.00695 e. The molecular formula is C11H23N. The molecule has 2 N–H and O–H groups in total. The van der Waals surface area contributed by atoms with E-state index in [9.17, 15) is 0 Å². The van der Waals surface area contributed by atoms with E-state index >= 15 is 0 Å². The van der Waals surface area contributed by atoms with Gasteiger partial charge in [0, 0.05) is 6.04 Å². The highest BCUT2D eigenvalue weighted by Gasteiger charge is 2.20. The molecule has 0 unspecified atom stereocenters. The molecular weight excluding hydrogens is 146 g/mol. The maximum Gasteiger partial charge on any atom is 0.00695 e. The van der Waals surface area contributed by atoms with Gasteiger partial charge in [0.15, 0.2) is 0 Å². The largest absolute Gasteiger partial charge is 0.327 e. The summed E-state index contributed by atoms with van der Waals surface area (Å²) in [6.45, 7) is 4.53. The summed E-state index contributed by atoms with van der Waals surface area (Å²) in [5.74, 6) is 1.60. The van der Waals surface area contributed by atoms with Crippen molar-refractivity contribution in [3.8, 4) is 0 Å². The van der Waals surface area contributed by atoms with Crippen LogP contribution in [0.3, 0.4) is 0 Å². The number of hydrogen-bond donors (Lipinski definition) is 1. The second kappa shape index (κ2) is 4.86. The van der Waals surface area contributed by atoms with Crippen LogP contribution in [0.15, 0.2) is 0 Å². The molecule has 72 valence electrons. The minimum Gasteiger partial charge on any atom is -0.327 e. The van der Waals surface area contributed by atoms with Crippen LogP contribution in [0.4, 0.5) is 0 Å². The fourth-order valence-electron chi connectivity index (χ4n) is 2.30. The monoisotopic (exact) mass is 169 g/mol. The molecule has 1 rings (SSSR count). The molecule has 1 heteroatoms. The fraction of sp³-hybridized carbons (Fsp3) is 1.00. The first-order valence-corrected chi connectivity index (χ1v) is 5.45. The highest BCUT2D eigenvalue weighted by molar-refractivity contribution is 4.77. The molecule has 0 radical (unpaired) electrons. The van der Waals surface area contributed by atoms with Crippen LogP contribution in [0.2, 0.25) is 0 Å². The standard InChI is InChI=1S/C11H23N/c1-9(2)8-11(12)10-6-4-3-5-7-10/h9-11H,3-8,12H2,1-2H3/t11-/m0/s1. The van der Waals surface area contributed by atoms with Crippen molar-refractivity contribution < 1.29 is 0 Å². The minimum atomic E-state index is 0.477. The second-order valence-electron chi connectivity index (χ2n) is 4.69. The van der Waals surface area contributed by atoms with E-state index in [1.165, 1.54) is 38.5 Å². The normalized spacial score (nSPS) is 23.0. The Balaban J connectivity index is 2.24. The van der Waals surface area contributed by atoms with E-state index in [2.05, 4.69) is 13.8 Å². The van der Waals surface area contributed by atoms with Gasteiger partial charge in [-0.15, -0.1) is 0 Å². The van der Waals surface area contributed by atoms with Crippen LogP contribution in [-0.2, 0) is 0 Å². The lowest BCUT2D eigenvalue weighted by atomic mass is 9.81. The van der Waals surface area contributed by atoms with Crippen LogP contribution in [0.1, 0.15) is 52.4 Å². The van der Waals surface area contributed by atoms with Gasteiger partial charge >= 0.3 is 0 Å². The van der Waals surface area contributed by atoms with Gasteiger partial charge in [-0.3, -0.25) is 0 Å². The van der Waals surface area contributed by atoms with Crippen molar-refractivity contribution in [3.05, 3.63) is 0 Å². The van der Waals surface area contributed by atoms with Crippen molar-refractivity contribution >= 4 is 0 Å². The van der Waals surface area contributed by atoms with Crippen LogP contribution in [0.25, 0.3) is 0 Å². The average molecular weight is 169 g/mol. The van der Waals surface area contributed by atoms with Crippen molar-refractivity contribution in [2.75, 3.05) is 0 Å². The molecule has 0 aromatic rings. The van der Waals surface area contributed by atoms with Gasteiger partial charge in [-0.05, 0) is 31.1 Å². The molecule has 1 saturated carbocycles. The highest BCUT2D eigenvalue weighted by atomic mass is 14.6. The van der Waals surface area contributed by atoms with Crippen LogP contribution < -0.4 is 5.73 Å². The molecule has 1 aliphatic rings. The lowest BCUT2D eigenvalue weighted by Gasteiger charge is -2.28. The zero-order valence-corrected chi connectivity index (χ0v) is 8.55. The van der Waals surface area contributed by atoms with Gasteiger partial charge in [0.05, 0.1) is 0 Å². The third-order valence-electron chi connectivity index (χ3n) is 3.00. The Kier molecular flexibility index (Phi) is 4.07. The molecule has 12 heavy (non-hydrogen) atoms. The molecule has 0 saturated heterocycles. The van der Waals surface area contributed by atoms with Gasteiger partial charge in [0.25, 0.3) is 0 Å². The molecule has 0 heterocycles. The van der Waals surface area contributed by atoms with Crippen LogP contribution in [0, 0.1) is 11.8 Å². The predicted octanol–water partition coefficient (Wildman–Crippen LogP) is 2.94. The summed E-state index contributed by atoms with van der Waals surface area (Å²) in [5, 5.41) is 0.